The summed E-state index contributed by atoms with van der Waals surface area (Å²) >= 11 is 0. The summed E-state index contributed by atoms with van der Waals surface area (Å²) in [7, 11) is 0. The topological polar surface area (TPSA) is 103 Å². The van der Waals surface area contributed by atoms with Crippen molar-refractivity contribution in [2.75, 3.05) is 0 Å². The van der Waals surface area contributed by atoms with Crippen LogP contribution in [0.25, 0.3) is 16.6 Å². The first kappa shape index (κ1) is 21.0. The molecule has 8 nitrogen and oxygen atoms in total. The summed E-state index contributed by atoms with van der Waals surface area (Å²) in [6.45, 7) is 3.69. The van der Waals surface area contributed by atoms with Gasteiger partial charge in [-0.1, -0.05) is 30.3 Å². The predicted octanol–water partition coefficient (Wildman–Crippen LogP) is 3.20. The number of carbonyl (C=O) groups excluding carboxylic acids is 1. The SMILES string of the molecule is Cc1nn(-c2ccccc2)c(COC(=O)CCn2cnc3c(C)cccc3c2=O)c1C#N. The van der Waals surface area contributed by atoms with Crippen LogP contribution in [-0.2, 0) is 22.7 Å². The Morgan fingerprint density at radius 3 is 2.66 bits per heavy atom. The maximum Gasteiger partial charge on any atom is 0.307 e. The molecule has 2 aromatic carbocycles. The van der Waals surface area contributed by atoms with E-state index in [0.717, 1.165) is 11.3 Å². The summed E-state index contributed by atoms with van der Waals surface area (Å²) in [5, 5.41) is 14.5. The maximum absolute atomic E-state index is 12.7. The lowest BCUT2D eigenvalue weighted by Crippen LogP contribution is -2.22. The molecule has 0 unspecified atom stereocenters. The largest absolute Gasteiger partial charge is 0.459 e. The van der Waals surface area contributed by atoms with Crippen LogP contribution in [0.1, 0.15) is 28.9 Å². The Balaban J connectivity index is 1.48. The number of benzene rings is 2. The average molecular weight is 427 g/mol. The van der Waals surface area contributed by atoms with Gasteiger partial charge in [-0.05, 0) is 37.6 Å². The van der Waals surface area contributed by atoms with Crippen LogP contribution in [0.3, 0.4) is 0 Å². The number of nitriles is 1. The smallest absolute Gasteiger partial charge is 0.307 e. The third-order valence-electron chi connectivity index (χ3n) is 5.25. The molecule has 4 aromatic rings. The third-order valence-corrected chi connectivity index (χ3v) is 5.25. The molecule has 0 atom stereocenters. The van der Waals surface area contributed by atoms with Crippen LogP contribution in [0.5, 0.6) is 0 Å². The van der Waals surface area contributed by atoms with E-state index in [0.29, 0.717) is 27.9 Å². The van der Waals surface area contributed by atoms with Crippen LogP contribution in [0, 0.1) is 25.2 Å². The van der Waals surface area contributed by atoms with Crippen molar-refractivity contribution in [2.45, 2.75) is 33.4 Å². The van der Waals surface area contributed by atoms with Crippen molar-refractivity contribution in [1.82, 2.24) is 19.3 Å². The Bertz CT molecular complexity index is 1400. The second kappa shape index (κ2) is 8.86. The van der Waals surface area contributed by atoms with Gasteiger partial charge in [0.05, 0.1) is 40.7 Å². The number of aryl methyl sites for hydroxylation is 3. The van der Waals surface area contributed by atoms with Gasteiger partial charge in [0.15, 0.2) is 0 Å². The molecule has 32 heavy (non-hydrogen) atoms. The quantitative estimate of drug-likeness (QED) is 0.438. The van der Waals surface area contributed by atoms with Crippen LogP contribution in [-0.4, -0.2) is 25.3 Å². The molecular formula is C24H21N5O3. The van der Waals surface area contributed by atoms with E-state index in [1.807, 2.05) is 49.4 Å². The lowest BCUT2D eigenvalue weighted by atomic mass is 10.1. The van der Waals surface area contributed by atoms with Crippen molar-refractivity contribution in [2.24, 2.45) is 0 Å². The molecule has 0 radical (unpaired) electrons. The van der Waals surface area contributed by atoms with Gasteiger partial charge < -0.3 is 4.74 Å². The highest BCUT2D eigenvalue weighted by atomic mass is 16.5. The van der Waals surface area contributed by atoms with Gasteiger partial charge in [0.25, 0.3) is 5.56 Å². The lowest BCUT2D eigenvalue weighted by molar-refractivity contribution is -0.145. The second-order valence-electron chi connectivity index (χ2n) is 7.39. The fourth-order valence-corrected chi connectivity index (χ4v) is 3.57. The van der Waals surface area contributed by atoms with Crippen molar-refractivity contribution in [3.8, 4) is 11.8 Å². The molecule has 160 valence electrons. The highest BCUT2D eigenvalue weighted by molar-refractivity contribution is 5.80. The number of nitrogens with zero attached hydrogens (tertiary/aromatic N) is 5. The molecule has 8 heteroatoms. The summed E-state index contributed by atoms with van der Waals surface area (Å²) in [6, 6.07) is 16.9. The first-order chi connectivity index (χ1) is 15.5. The van der Waals surface area contributed by atoms with E-state index >= 15 is 0 Å². The predicted molar refractivity (Wildman–Crippen MR) is 118 cm³/mol. The van der Waals surface area contributed by atoms with Crippen LogP contribution >= 0.6 is 0 Å². The van der Waals surface area contributed by atoms with Gasteiger partial charge in [-0.15, -0.1) is 0 Å². The zero-order chi connectivity index (χ0) is 22.7. The van der Waals surface area contributed by atoms with Gasteiger partial charge in [-0.25, -0.2) is 9.67 Å². The highest BCUT2D eigenvalue weighted by Crippen LogP contribution is 2.19. The molecule has 4 rings (SSSR count). The van der Waals surface area contributed by atoms with E-state index in [2.05, 4.69) is 16.2 Å². The molecule has 0 saturated heterocycles. The monoisotopic (exact) mass is 427 g/mol. The fourth-order valence-electron chi connectivity index (χ4n) is 3.57. The first-order valence-corrected chi connectivity index (χ1v) is 10.1. The number of fused-ring (bicyclic) bond motifs is 1. The van der Waals surface area contributed by atoms with Gasteiger partial charge in [0.1, 0.15) is 18.2 Å². The first-order valence-electron chi connectivity index (χ1n) is 10.1. The molecule has 0 amide bonds. The number of ether oxygens (including phenoxy) is 1. The van der Waals surface area contributed by atoms with Crippen LogP contribution in [0.15, 0.2) is 59.7 Å². The molecule has 0 bridgehead atoms. The lowest BCUT2D eigenvalue weighted by Gasteiger charge is -2.10. The van der Waals surface area contributed by atoms with Crippen LogP contribution in [0.2, 0.25) is 0 Å². The number of esters is 1. The number of rotatable bonds is 6. The molecule has 0 aliphatic rings. The summed E-state index contributed by atoms with van der Waals surface area (Å²) in [4.78, 5) is 29.4. The summed E-state index contributed by atoms with van der Waals surface area (Å²) in [5.74, 6) is -0.483. The van der Waals surface area contributed by atoms with Gasteiger partial charge in [-0.2, -0.15) is 10.4 Å². The molecule has 0 N–H and O–H groups in total. The minimum Gasteiger partial charge on any atom is -0.459 e. The van der Waals surface area contributed by atoms with Crippen LogP contribution < -0.4 is 5.56 Å². The number of aromatic nitrogens is 4. The Labute approximate surface area is 184 Å². The van der Waals surface area contributed by atoms with Crippen molar-refractivity contribution < 1.29 is 9.53 Å². The maximum atomic E-state index is 12.7. The van der Waals surface area contributed by atoms with Crippen molar-refractivity contribution in [1.29, 1.82) is 5.26 Å². The molecule has 0 fully saturated rings. The van der Waals surface area contributed by atoms with E-state index in [-0.39, 0.29) is 25.1 Å². The van der Waals surface area contributed by atoms with Gasteiger partial charge >= 0.3 is 5.97 Å². The molecule has 2 aromatic heterocycles. The molecule has 2 heterocycles. The average Bonchev–Trinajstić information content (AvgIpc) is 3.13. The Morgan fingerprint density at radius 2 is 1.91 bits per heavy atom. The minimum absolute atomic E-state index is 0.000742. The van der Waals surface area contributed by atoms with Crippen LogP contribution in [0.4, 0.5) is 0 Å². The van der Waals surface area contributed by atoms with E-state index in [1.165, 1.54) is 10.9 Å². The van der Waals surface area contributed by atoms with Crippen molar-refractivity contribution in [3.63, 3.8) is 0 Å². The molecule has 0 aliphatic carbocycles. The zero-order valence-corrected chi connectivity index (χ0v) is 17.8. The van der Waals surface area contributed by atoms with E-state index in [4.69, 9.17) is 4.74 Å². The molecule has 0 aliphatic heterocycles. The summed E-state index contributed by atoms with van der Waals surface area (Å²) < 4.78 is 8.44. The molecular weight excluding hydrogens is 406 g/mol. The van der Waals surface area contributed by atoms with Gasteiger partial charge in [0, 0.05) is 6.54 Å². The third kappa shape index (κ3) is 4.01. The van der Waals surface area contributed by atoms with E-state index in [9.17, 15) is 14.9 Å². The highest BCUT2D eigenvalue weighted by Gasteiger charge is 2.18. The zero-order valence-electron chi connectivity index (χ0n) is 17.8. The molecule has 0 saturated carbocycles. The fraction of sp³-hybridized carbons (Fsp3) is 0.208. The summed E-state index contributed by atoms with van der Waals surface area (Å²) in [5.41, 5.74) is 3.60. The standard InChI is InChI=1S/C24H21N5O3/c1-16-7-6-10-19-23(16)26-15-28(24(19)31)12-11-22(30)32-14-21-20(13-25)17(2)27-29(21)18-8-4-3-5-9-18/h3-10,15H,11-12,14H2,1-2H3. The minimum atomic E-state index is -0.483. The van der Waals surface area contributed by atoms with Gasteiger partial charge in [-0.3, -0.25) is 14.2 Å². The number of para-hydroxylation sites is 2. The Hall–Kier alpha value is -4.25. The van der Waals surface area contributed by atoms with Crippen molar-refractivity contribution in [3.05, 3.63) is 87.7 Å². The molecule has 0 spiro atoms. The number of hydrogen-bond acceptors (Lipinski definition) is 6. The second-order valence-corrected chi connectivity index (χ2v) is 7.39. The van der Waals surface area contributed by atoms with Gasteiger partial charge in [0.2, 0.25) is 0 Å². The Morgan fingerprint density at radius 1 is 1.12 bits per heavy atom. The normalized spacial score (nSPS) is 10.8. The summed E-state index contributed by atoms with van der Waals surface area (Å²) in [6.07, 6.45) is 1.45. The Kier molecular flexibility index (Phi) is 5.81. The van der Waals surface area contributed by atoms with Crippen molar-refractivity contribution >= 4 is 16.9 Å². The van der Waals surface area contributed by atoms with E-state index < -0.39 is 5.97 Å². The van der Waals surface area contributed by atoms with E-state index in [1.54, 1.807) is 17.7 Å². The number of carbonyl (C=O) groups is 1. The number of hydrogen-bond donors (Lipinski definition) is 0.